The van der Waals surface area contributed by atoms with E-state index in [0.717, 1.165) is 19.3 Å². The molecule has 0 aliphatic rings. The second-order valence-corrected chi connectivity index (χ2v) is 6.37. The molecule has 0 aromatic heterocycles. The van der Waals surface area contributed by atoms with Crippen molar-refractivity contribution in [3.63, 3.8) is 0 Å². The number of rotatable bonds is 15. The molecule has 0 saturated heterocycles. The van der Waals surface area contributed by atoms with E-state index in [0.29, 0.717) is 6.42 Å². The van der Waals surface area contributed by atoms with E-state index in [4.69, 9.17) is 15.0 Å². The zero-order valence-electron chi connectivity index (χ0n) is 13.3. The van der Waals surface area contributed by atoms with Crippen molar-refractivity contribution in [2.24, 2.45) is 5.73 Å². The van der Waals surface area contributed by atoms with E-state index in [1.807, 2.05) is 0 Å². The van der Waals surface area contributed by atoms with Crippen molar-refractivity contribution in [1.29, 1.82) is 0 Å². The van der Waals surface area contributed by atoms with Crippen molar-refractivity contribution in [2.75, 3.05) is 13.2 Å². The predicted molar refractivity (Wildman–Crippen MR) is 83.7 cm³/mol. The van der Waals surface area contributed by atoms with E-state index in [-0.39, 0.29) is 13.2 Å². The zero-order chi connectivity index (χ0) is 16.8. The smallest absolute Gasteiger partial charge is 0.367 e. The number of nitrogens with two attached hydrogens (primary N) is 1. The van der Waals surface area contributed by atoms with Crippen molar-refractivity contribution in [3.05, 3.63) is 0 Å². The van der Waals surface area contributed by atoms with Crippen LogP contribution in [0.1, 0.15) is 64.7 Å². The Bertz CT molecular complexity index is 385. The molecule has 0 fully saturated rings. The van der Waals surface area contributed by atoms with Crippen molar-refractivity contribution < 1.29 is 26.7 Å². The lowest BCUT2D eigenvalue weighted by Gasteiger charge is -2.14. The van der Waals surface area contributed by atoms with Gasteiger partial charge in [0.15, 0.2) is 0 Å². The fraction of sp³-hybridized carbons (Fsp3) is 0.929. The average Bonchev–Trinajstić information content (AvgIpc) is 2.42. The van der Waals surface area contributed by atoms with Crippen molar-refractivity contribution in [3.8, 4) is 0 Å². The second-order valence-electron chi connectivity index (χ2n) is 5.28. The summed E-state index contributed by atoms with van der Waals surface area (Å²) in [4.78, 5) is 11.2. The molecule has 1 atom stereocenters. The number of carbonyl (C=O) groups is 1. The van der Waals surface area contributed by atoms with Crippen LogP contribution in [0.2, 0.25) is 0 Å². The van der Waals surface area contributed by atoms with Crippen LogP contribution in [-0.2, 0) is 24.1 Å². The van der Waals surface area contributed by atoms with E-state index in [2.05, 4.69) is 11.1 Å². The van der Waals surface area contributed by atoms with Gasteiger partial charge in [-0.2, -0.15) is 8.42 Å². The van der Waals surface area contributed by atoms with Crippen molar-refractivity contribution in [2.45, 2.75) is 70.8 Å². The standard InChI is InChI=1S/C14H29NO6S/c1-2-3-4-5-6-7-8-9-10-13(14(15)16)20-11-12-21-22(17,18)19/h13H,2-12H2,1H3,(H2,15,16)(H,17,18,19). The topological polar surface area (TPSA) is 116 Å². The molecule has 0 aliphatic heterocycles. The van der Waals surface area contributed by atoms with Crippen LogP contribution < -0.4 is 5.73 Å². The summed E-state index contributed by atoms with van der Waals surface area (Å²) in [6, 6.07) is 0. The van der Waals surface area contributed by atoms with E-state index in [1.54, 1.807) is 0 Å². The Morgan fingerprint density at radius 2 is 1.59 bits per heavy atom. The molecule has 0 bridgehead atoms. The summed E-state index contributed by atoms with van der Waals surface area (Å²) in [5, 5.41) is 0. The van der Waals surface area contributed by atoms with Gasteiger partial charge in [0.25, 0.3) is 0 Å². The van der Waals surface area contributed by atoms with Crippen molar-refractivity contribution in [1.82, 2.24) is 0 Å². The molecular weight excluding hydrogens is 310 g/mol. The van der Waals surface area contributed by atoms with E-state index in [1.165, 1.54) is 32.1 Å². The molecule has 0 rings (SSSR count). The number of hydrogen-bond donors (Lipinski definition) is 2. The average molecular weight is 339 g/mol. The highest BCUT2D eigenvalue weighted by Gasteiger charge is 2.15. The third-order valence-electron chi connectivity index (χ3n) is 3.27. The molecule has 1 amide bonds. The molecular formula is C14H29NO6S. The maximum Gasteiger partial charge on any atom is 0.397 e. The lowest BCUT2D eigenvalue weighted by atomic mass is 10.1. The Hall–Kier alpha value is -0.700. The molecule has 7 nitrogen and oxygen atoms in total. The molecule has 0 aromatic rings. The number of primary amides is 1. The van der Waals surface area contributed by atoms with E-state index < -0.39 is 22.4 Å². The third kappa shape index (κ3) is 14.2. The van der Waals surface area contributed by atoms with Crippen molar-refractivity contribution >= 4 is 16.3 Å². The molecule has 132 valence electrons. The van der Waals surface area contributed by atoms with Crippen LogP contribution in [0.4, 0.5) is 0 Å². The van der Waals surface area contributed by atoms with Gasteiger partial charge in [-0.25, -0.2) is 4.18 Å². The number of ether oxygens (including phenoxy) is 1. The van der Waals surface area contributed by atoms with Gasteiger partial charge >= 0.3 is 10.4 Å². The first kappa shape index (κ1) is 21.3. The molecule has 3 N–H and O–H groups in total. The number of amides is 1. The van der Waals surface area contributed by atoms with Gasteiger partial charge in [-0.05, 0) is 6.42 Å². The predicted octanol–water partition coefficient (Wildman–Crippen LogP) is 2.21. The molecule has 22 heavy (non-hydrogen) atoms. The first-order valence-electron chi connectivity index (χ1n) is 7.89. The Morgan fingerprint density at radius 3 is 2.09 bits per heavy atom. The summed E-state index contributed by atoms with van der Waals surface area (Å²) in [5.41, 5.74) is 5.23. The SMILES string of the molecule is CCCCCCCCCCC(OCCOS(=O)(=O)O)C(N)=O. The molecule has 0 aliphatic carbocycles. The molecule has 0 saturated carbocycles. The Labute approximate surface area is 133 Å². The number of carbonyl (C=O) groups excluding carboxylic acids is 1. The fourth-order valence-corrected chi connectivity index (χ4v) is 2.38. The maximum atomic E-state index is 11.2. The summed E-state index contributed by atoms with van der Waals surface area (Å²) in [6.45, 7) is 1.72. The molecule has 0 aromatic carbocycles. The Kier molecular flexibility index (Phi) is 12.4. The van der Waals surface area contributed by atoms with Gasteiger partial charge < -0.3 is 10.5 Å². The van der Waals surface area contributed by atoms with Gasteiger partial charge in [0, 0.05) is 0 Å². The minimum Gasteiger partial charge on any atom is -0.367 e. The first-order valence-corrected chi connectivity index (χ1v) is 9.26. The Morgan fingerprint density at radius 1 is 1.05 bits per heavy atom. The molecule has 0 heterocycles. The van der Waals surface area contributed by atoms with Crippen LogP contribution >= 0.6 is 0 Å². The van der Waals surface area contributed by atoms with Gasteiger partial charge in [0.2, 0.25) is 5.91 Å². The summed E-state index contributed by atoms with van der Waals surface area (Å²) >= 11 is 0. The van der Waals surface area contributed by atoms with Gasteiger partial charge in [0.1, 0.15) is 6.10 Å². The summed E-state index contributed by atoms with van der Waals surface area (Å²) in [7, 11) is -4.47. The van der Waals surface area contributed by atoms with Crippen LogP contribution in [-0.4, -0.2) is 38.2 Å². The van der Waals surface area contributed by atoms with E-state index >= 15 is 0 Å². The zero-order valence-corrected chi connectivity index (χ0v) is 14.1. The molecule has 8 heteroatoms. The summed E-state index contributed by atoms with van der Waals surface area (Å²) < 4.78 is 38.3. The highest BCUT2D eigenvalue weighted by Crippen LogP contribution is 2.11. The minimum absolute atomic E-state index is 0.121. The summed E-state index contributed by atoms with van der Waals surface area (Å²) in [6.07, 6.45) is 8.98. The third-order valence-corrected chi connectivity index (χ3v) is 3.74. The normalized spacial score (nSPS) is 13.2. The van der Waals surface area contributed by atoms with Gasteiger partial charge in [-0.15, -0.1) is 0 Å². The lowest BCUT2D eigenvalue weighted by molar-refractivity contribution is -0.130. The van der Waals surface area contributed by atoms with Crippen LogP contribution in [0.25, 0.3) is 0 Å². The minimum atomic E-state index is -4.47. The monoisotopic (exact) mass is 339 g/mol. The van der Waals surface area contributed by atoms with Crippen LogP contribution in [0.3, 0.4) is 0 Å². The lowest BCUT2D eigenvalue weighted by Crippen LogP contribution is -2.32. The van der Waals surface area contributed by atoms with Crippen LogP contribution in [0.15, 0.2) is 0 Å². The molecule has 0 spiro atoms. The Balaban J connectivity index is 3.67. The first-order chi connectivity index (χ1) is 10.4. The highest BCUT2D eigenvalue weighted by molar-refractivity contribution is 7.80. The van der Waals surface area contributed by atoms with Gasteiger partial charge in [-0.1, -0.05) is 58.3 Å². The molecule has 1 unspecified atom stereocenters. The number of hydrogen-bond acceptors (Lipinski definition) is 5. The van der Waals surface area contributed by atoms with E-state index in [9.17, 15) is 13.2 Å². The quantitative estimate of drug-likeness (QED) is 0.349. The van der Waals surface area contributed by atoms with Crippen LogP contribution in [0.5, 0.6) is 0 Å². The molecule has 0 radical (unpaired) electrons. The highest BCUT2D eigenvalue weighted by atomic mass is 32.3. The van der Waals surface area contributed by atoms with Crippen LogP contribution in [0, 0.1) is 0 Å². The fourth-order valence-electron chi connectivity index (χ4n) is 2.10. The second kappa shape index (κ2) is 12.8. The van der Waals surface area contributed by atoms with Gasteiger partial charge in [-0.3, -0.25) is 9.35 Å². The number of unbranched alkanes of at least 4 members (excludes halogenated alkanes) is 7. The summed E-state index contributed by atoms with van der Waals surface area (Å²) in [5.74, 6) is -0.574. The van der Waals surface area contributed by atoms with Gasteiger partial charge in [0.05, 0.1) is 13.2 Å². The maximum absolute atomic E-state index is 11.2. The largest absolute Gasteiger partial charge is 0.397 e.